The zero-order valence-electron chi connectivity index (χ0n) is 14.5. The smallest absolute Gasteiger partial charge is 0.225 e. The first kappa shape index (κ1) is 18.1. The van der Waals surface area contributed by atoms with Gasteiger partial charge in [-0.1, -0.05) is 45.0 Å². The molecule has 0 saturated carbocycles. The van der Waals surface area contributed by atoms with Gasteiger partial charge in [-0.05, 0) is 40.8 Å². The van der Waals surface area contributed by atoms with Crippen LogP contribution in [0, 0.1) is 5.82 Å². The van der Waals surface area contributed by atoms with E-state index < -0.39 is 0 Å². The van der Waals surface area contributed by atoms with E-state index in [4.69, 9.17) is 0 Å². The highest BCUT2D eigenvalue weighted by Crippen LogP contribution is 2.23. The average Bonchev–Trinajstić information content (AvgIpc) is 2.53. The molecule has 24 heavy (non-hydrogen) atoms. The van der Waals surface area contributed by atoms with Crippen LogP contribution in [0.2, 0.25) is 0 Å². The van der Waals surface area contributed by atoms with Gasteiger partial charge in [0.15, 0.2) is 0 Å². The maximum absolute atomic E-state index is 12.8. The second kappa shape index (κ2) is 8.06. The molecule has 0 aromatic heterocycles. The molecule has 2 aromatic carbocycles. The first-order chi connectivity index (χ1) is 11.3. The number of carbonyl (C=O) groups is 1. The largest absolute Gasteiger partial charge is 0.326 e. The van der Waals surface area contributed by atoms with Crippen molar-refractivity contribution in [2.24, 2.45) is 0 Å². The van der Waals surface area contributed by atoms with E-state index in [1.807, 2.05) is 24.3 Å². The molecule has 0 bridgehead atoms. The topological polar surface area (TPSA) is 41.1 Å². The van der Waals surface area contributed by atoms with Crippen molar-refractivity contribution in [2.75, 3.05) is 11.9 Å². The third-order valence-electron chi connectivity index (χ3n) is 3.81. The van der Waals surface area contributed by atoms with Crippen LogP contribution < -0.4 is 10.6 Å². The van der Waals surface area contributed by atoms with Crippen LogP contribution in [-0.4, -0.2) is 12.5 Å². The highest BCUT2D eigenvalue weighted by atomic mass is 19.1. The highest BCUT2D eigenvalue weighted by molar-refractivity contribution is 5.90. The third kappa shape index (κ3) is 5.78. The van der Waals surface area contributed by atoms with Crippen LogP contribution in [0.15, 0.2) is 48.5 Å². The molecule has 128 valence electrons. The molecule has 0 fully saturated rings. The van der Waals surface area contributed by atoms with Crippen molar-refractivity contribution in [1.29, 1.82) is 0 Å². The first-order valence-corrected chi connectivity index (χ1v) is 8.20. The SMILES string of the molecule is CC(C)(C)c1ccc(NC(=O)CCNCc2ccc(F)cc2)cc1. The van der Waals surface area contributed by atoms with Crippen molar-refractivity contribution in [3.8, 4) is 0 Å². The number of nitrogens with one attached hydrogen (secondary N) is 2. The number of hydrogen-bond acceptors (Lipinski definition) is 2. The minimum atomic E-state index is -0.240. The lowest BCUT2D eigenvalue weighted by molar-refractivity contribution is -0.116. The molecule has 2 rings (SSSR count). The Morgan fingerprint density at radius 1 is 1.00 bits per heavy atom. The lowest BCUT2D eigenvalue weighted by atomic mass is 9.87. The van der Waals surface area contributed by atoms with Crippen LogP contribution in [0.3, 0.4) is 0 Å². The predicted octanol–water partition coefficient (Wildman–Crippen LogP) is 4.24. The molecule has 0 atom stereocenters. The molecule has 0 saturated heterocycles. The molecule has 1 amide bonds. The predicted molar refractivity (Wildman–Crippen MR) is 96.5 cm³/mol. The fourth-order valence-electron chi connectivity index (χ4n) is 2.31. The van der Waals surface area contributed by atoms with Crippen molar-refractivity contribution in [2.45, 2.75) is 39.2 Å². The Bertz CT molecular complexity index is 658. The van der Waals surface area contributed by atoms with E-state index in [9.17, 15) is 9.18 Å². The minimum Gasteiger partial charge on any atom is -0.326 e. The first-order valence-electron chi connectivity index (χ1n) is 8.20. The van der Waals surface area contributed by atoms with Crippen molar-refractivity contribution < 1.29 is 9.18 Å². The Labute approximate surface area is 143 Å². The molecule has 3 nitrogen and oxygen atoms in total. The molecule has 0 radical (unpaired) electrons. The number of benzene rings is 2. The molecule has 2 N–H and O–H groups in total. The van der Waals surface area contributed by atoms with Gasteiger partial charge in [-0.25, -0.2) is 4.39 Å². The average molecular weight is 328 g/mol. The Balaban J connectivity index is 1.72. The molecule has 4 heteroatoms. The van der Waals surface area contributed by atoms with Gasteiger partial charge in [0.2, 0.25) is 5.91 Å². The Morgan fingerprint density at radius 3 is 2.21 bits per heavy atom. The quantitative estimate of drug-likeness (QED) is 0.779. The summed E-state index contributed by atoms with van der Waals surface area (Å²) in [5.74, 6) is -0.263. The van der Waals surface area contributed by atoms with E-state index in [-0.39, 0.29) is 17.1 Å². The molecular formula is C20H25FN2O. The van der Waals surface area contributed by atoms with Crippen LogP contribution in [0.5, 0.6) is 0 Å². The second-order valence-electron chi connectivity index (χ2n) is 6.93. The van der Waals surface area contributed by atoms with E-state index in [0.717, 1.165) is 11.3 Å². The molecule has 2 aromatic rings. The van der Waals surface area contributed by atoms with Gasteiger partial charge in [0.25, 0.3) is 0 Å². The van der Waals surface area contributed by atoms with Crippen molar-refractivity contribution >= 4 is 11.6 Å². The number of hydrogen-bond donors (Lipinski definition) is 2. The van der Waals surface area contributed by atoms with Gasteiger partial charge in [0, 0.05) is 25.2 Å². The Kier molecular flexibility index (Phi) is 6.10. The summed E-state index contributed by atoms with van der Waals surface area (Å²) in [6.45, 7) is 7.67. The van der Waals surface area contributed by atoms with Crippen molar-refractivity contribution in [3.05, 3.63) is 65.5 Å². The highest BCUT2D eigenvalue weighted by Gasteiger charge is 2.13. The van der Waals surface area contributed by atoms with Gasteiger partial charge < -0.3 is 10.6 Å². The Morgan fingerprint density at radius 2 is 1.62 bits per heavy atom. The zero-order chi connectivity index (χ0) is 17.6. The van der Waals surface area contributed by atoms with E-state index in [1.165, 1.54) is 17.7 Å². The van der Waals surface area contributed by atoms with Crippen LogP contribution in [0.4, 0.5) is 10.1 Å². The van der Waals surface area contributed by atoms with Crippen molar-refractivity contribution in [1.82, 2.24) is 5.32 Å². The summed E-state index contributed by atoms with van der Waals surface area (Å²) in [5, 5.41) is 6.08. The van der Waals surface area contributed by atoms with Crippen molar-refractivity contribution in [3.63, 3.8) is 0 Å². The monoisotopic (exact) mass is 328 g/mol. The van der Waals surface area contributed by atoms with Crippen LogP contribution >= 0.6 is 0 Å². The van der Waals surface area contributed by atoms with Gasteiger partial charge in [0.05, 0.1) is 0 Å². The van der Waals surface area contributed by atoms with E-state index in [2.05, 4.69) is 31.4 Å². The van der Waals surface area contributed by atoms with Gasteiger partial charge in [-0.2, -0.15) is 0 Å². The van der Waals surface area contributed by atoms with Crippen LogP contribution in [-0.2, 0) is 16.8 Å². The normalized spacial score (nSPS) is 11.3. The molecule has 0 unspecified atom stereocenters. The van der Waals surface area contributed by atoms with Gasteiger partial charge in [-0.15, -0.1) is 0 Å². The van der Waals surface area contributed by atoms with Gasteiger partial charge in [-0.3, -0.25) is 4.79 Å². The summed E-state index contributed by atoms with van der Waals surface area (Å²) in [7, 11) is 0. The summed E-state index contributed by atoms with van der Waals surface area (Å²) in [5.41, 5.74) is 3.15. The van der Waals surface area contributed by atoms with E-state index in [1.54, 1.807) is 12.1 Å². The van der Waals surface area contributed by atoms with Gasteiger partial charge >= 0.3 is 0 Å². The number of anilines is 1. The molecular weight excluding hydrogens is 303 g/mol. The molecule has 0 spiro atoms. The molecule has 0 aliphatic heterocycles. The molecule has 0 aliphatic rings. The van der Waals surface area contributed by atoms with Gasteiger partial charge in [0.1, 0.15) is 5.82 Å². The fraction of sp³-hybridized carbons (Fsp3) is 0.350. The summed E-state index contributed by atoms with van der Waals surface area (Å²) >= 11 is 0. The number of rotatable bonds is 6. The Hall–Kier alpha value is -2.20. The zero-order valence-corrected chi connectivity index (χ0v) is 14.5. The second-order valence-corrected chi connectivity index (χ2v) is 6.93. The van der Waals surface area contributed by atoms with Crippen LogP contribution in [0.25, 0.3) is 0 Å². The lowest BCUT2D eigenvalue weighted by Gasteiger charge is -2.19. The number of carbonyl (C=O) groups excluding carboxylic acids is 1. The third-order valence-corrected chi connectivity index (χ3v) is 3.81. The maximum Gasteiger partial charge on any atom is 0.225 e. The fourth-order valence-corrected chi connectivity index (χ4v) is 2.31. The van der Waals surface area contributed by atoms with E-state index >= 15 is 0 Å². The number of halogens is 1. The number of amides is 1. The van der Waals surface area contributed by atoms with Crippen LogP contribution in [0.1, 0.15) is 38.3 Å². The summed E-state index contributed by atoms with van der Waals surface area (Å²) in [4.78, 5) is 11.9. The standard InChI is InChI=1S/C20H25FN2O/c1-20(2,3)16-6-10-18(11-7-16)23-19(24)12-13-22-14-15-4-8-17(21)9-5-15/h4-11,22H,12-14H2,1-3H3,(H,23,24). The summed E-state index contributed by atoms with van der Waals surface area (Å²) < 4.78 is 12.8. The minimum absolute atomic E-state index is 0.0230. The summed E-state index contributed by atoms with van der Waals surface area (Å²) in [6, 6.07) is 14.3. The maximum atomic E-state index is 12.8. The van der Waals surface area contributed by atoms with E-state index in [0.29, 0.717) is 19.5 Å². The summed E-state index contributed by atoms with van der Waals surface area (Å²) in [6.07, 6.45) is 0.391. The molecule has 0 aliphatic carbocycles. The molecule has 0 heterocycles. The lowest BCUT2D eigenvalue weighted by Crippen LogP contribution is -2.21.